The van der Waals surface area contributed by atoms with Crippen LogP contribution in [0.5, 0.6) is 0 Å². The first kappa shape index (κ1) is 18.4. The molecule has 0 saturated heterocycles. The molecule has 1 aliphatic heterocycles. The van der Waals surface area contributed by atoms with Gasteiger partial charge in [-0.15, -0.1) is 0 Å². The molecule has 0 aliphatic carbocycles. The molecule has 0 spiro atoms. The van der Waals surface area contributed by atoms with Crippen molar-refractivity contribution in [1.29, 1.82) is 0 Å². The smallest absolute Gasteiger partial charge is 0.0848 e. The van der Waals surface area contributed by atoms with Crippen molar-refractivity contribution in [3.8, 4) is 0 Å². The second-order valence-corrected chi connectivity index (χ2v) is 9.45. The van der Waals surface area contributed by atoms with E-state index in [1.165, 1.54) is 44.1 Å². The molecule has 1 atom stereocenters. The van der Waals surface area contributed by atoms with Crippen LogP contribution in [0.15, 0.2) is 60.7 Å². The second-order valence-electron chi connectivity index (χ2n) is 9.45. The molecule has 29 heavy (non-hydrogen) atoms. The molecule has 5 rings (SSSR count). The number of aromatic nitrogens is 1. The summed E-state index contributed by atoms with van der Waals surface area (Å²) >= 11 is 0. The highest BCUT2D eigenvalue weighted by atomic mass is 15.0. The van der Waals surface area contributed by atoms with Crippen molar-refractivity contribution in [3.63, 3.8) is 0 Å². The van der Waals surface area contributed by atoms with Crippen LogP contribution in [0.3, 0.4) is 0 Å². The third-order valence-corrected chi connectivity index (χ3v) is 6.78. The molecule has 1 aromatic heterocycles. The molecule has 0 fully saturated rings. The third-order valence-electron chi connectivity index (χ3n) is 6.78. The highest BCUT2D eigenvalue weighted by molar-refractivity contribution is 5.90. The lowest BCUT2D eigenvalue weighted by Gasteiger charge is -2.39. The Kier molecular flexibility index (Phi) is 4.11. The molecule has 2 heterocycles. The minimum Gasteiger partial charge on any atom is -0.356 e. The maximum atomic E-state index is 3.92. The van der Waals surface area contributed by atoms with Gasteiger partial charge < -0.3 is 10.3 Å². The largest absolute Gasteiger partial charge is 0.356 e. The lowest BCUT2D eigenvalue weighted by Crippen LogP contribution is -2.48. The van der Waals surface area contributed by atoms with Crippen molar-refractivity contribution in [2.75, 3.05) is 6.54 Å². The molecule has 2 N–H and O–H groups in total. The van der Waals surface area contributed by atoms with E-state index in [-0.39, 0.29) is 11.0 Å². The Balaban J connectivity index is 1.79. The minimum atomic E-state index is -0.185. The first-order valence-electron chi connectivity index (χ1n) is 10.8. The number of rotatable bonds is 2. The van der Waals surface area contributed by atoms with E-state index >= 15 is 0 Å². The fraction of sp³-hybridized carbons (Fsp3) is 0.333. The highest BCUT2D eigenvalue weighted by Gasteiger charge is 2.39. The molecule has 148 valence electrons. The summed E-state index contributed by atoms with van der Waals surface area (Å²) in [5, 5.41) is 7.96. The predicted octanol–water partition coefficient (Wildman–Crippen LogP) is 6.42. The molecule has 1 aliphatic rings. The molecular weight excluding hydrogens is 352 g/mol. The molecule has 0 radical (unpaired) electrons. The zero-order valence-electron chi connectivity index (χ0n) is 17.9. The summed E-state index contributed by atoms with van der Waals surface area (Å²) in [6.45, 7) is 10.2. The summed E-state index contributed by atoms with van der Waals surface area (Å²) in [5.41, 5.74) is 6.84. The molecular formula is C27H30N2. The molecule has 0 bridgehead atoms. The van der Waals surface area contributed by atoms with Gasteiger partial charge in [0, 0.05) is 23.1 Å². The van der Waals surface area contributed by atoms with Crippen LogP contribution in [0, 0.1) is 0 Å². The molecule has 4 aromatic rings. The first-order valence-corrected chi connectivity index (χ1v) is 10.8. The van der Waals surface area contributed by atoms with Crippen molar-refractivity contribution in [2.45, 2.75) is 51.5 Å². The number of H-pyrrole nitrogens is 1. The van der Waals surface area contributed by atoms with E-state index in [0.717, 1.165) is 19.4 Å². The Morgan fingerprint density at radius 3 is 2.52 bits per heavy atom. The number of nitrogens with one attached hydrogen (secondary N) is 2. The fourth-order valence-corrected chi connectivity index (χ4v) is 5.15. The van der Waals surface area contributed by atoms with E-state index in [1.807, 2.05) is 0 Å². The monoisotopic (exact) mass is 382 g/mol. The number of fused-ring (bicyclic) bond motifs is 4. The summed E-state index contributed by atoms with van der Waals surface area (Å²) in [5.74, 6) is 0. The number of benzene rings is 3. The second kappa shape index (κ2) is 6.47. The number of hydrogen-bond donors (Lipinski definition) is 2. The average Bonchev–Trinajstić information content (AvgIpc) is 3.11. The van der Waals surface area contributed by atoms with Gasteiger partial charge in [0.25, 0.3) is 0 Å². The van der Waals surface area contributed by atoms with Gasteiger partial charge in [0.05, 0.1) is 5.54 Å². The summed E-state index contributed by atoms with van der Waals surface area (Å²) < 4.78 is 0. The van der Waals surface area contributed by atoms with Crippen LogP contribution in [0.1, 0.15) is 56.5 Å². The van der Waals surface area contributed by atoms with Gasteiger partial charge in [-0.25, -0.2) is 0 Å². The maximum Gasteiger partial charge on any atom is 0.0848 e. The van der Waals surface area contributed by atoms with E-state index in [9.17, 15) is 0 Å². The van der Waals surface area contributed by atoms with Gasteiger partial charge in [-0.2, -0.15) is 0 Å². The van der Waals surface area contributed by atoms with Crippen LogP contribution in [-0.4, -0.2) is 11.5 Å². The van der Waals surface area contributed by atoms with Crippen molar-refractivity contribution in [3.05, 3.63) is 83.0 Å². The fourth-order valence-electron chi connectivity index (χ4n) is 5.15. The Hall–Kier alpha value is -2.58. The molecule has 2 nitrogen and oxygen atoms in total. The van der Waals surface area contributed by atoms with Crippen molar-refractivity contribution in [2.24, 2.45) is 0 Å². The van der Waals surface area contributed by atoms with E-state index in [2.05, 4.69) is 98.7 Å². The SMILES string of the molecule is CCC1(c2cccc3ccccc23)NCCc2c1[nH]c1ccc(C(C)(C)C)cc21. The lowest BCUT2D eigenvalue weighted by molar-refractivity contribution is 0.363. The van der Waals surface area contributed by atoms with Crippen molar-refractivity contribution < 1.29 is 0 Å². The van der Waals surface area contributed by atoms with E-state index in [4.69, 9.17) is 0 Å². The number of hydrogen-bond acceptors (Lipinski definition) is 1. The number of aromatic amines is 1. The van der Waals surface area contributed by atoms with Gasteiger partial charge in [-0.3, -0.25) is 0 Å². The summed E-state index contributed by atoms with van der Waals surface area (Å²) in [4.78, 5) is 3.84. The quantitative estimate of drug-likeness (QED) is 0.411. The Morgan fingerprint density at radius 1 is 0.931 bits per heavy atom. The molecule has 3 aromatic carbocycles. The average molecular weight is 383 g/mol. The third kappa shape index (κ3) is 2.73. The van der Waals surface area contributed by atoms with E-state index in [0.29, 0.717) is 0 Å². The molecule has 2 heteroatoms. The lowest BCUT2D eigenvalue weighted by atomic mass is 9.77. The molecule has 0 saturated carbocycles. The van der Waals surface area contributed by atoms with Gasteiger partial charge in [0.1, 0.15) is 0 Å². The van der Waals surface area contributed by atoms with Gasteiger partial charge in [0.2, 0.25) is 0 Å². The van der Waals surface area contributed by atoms with Crippen LogP contribution in [0.25, 0.3) is 21.7 Å². The van der Waals surface area contributed by atoms with Crippen LogP contribution < -0.4 is 5.32 Å². The van der Waals surface area contributed by atoms with Crippen LogP contribution >= 0.6 is 0 Å². The Labute approximate surface area is 173 Å². The van der Waals surface area contributed by atoms with Gasteiger partial charge in [-0.1, -0.05) is 76.2 Å². The zero-order valence-corrected chi connectivity index (χ0v) is 17.9. The van der Waals surface area contributed by atoms with Crippen LogP contribution in [0.4, 0.5) is 0 Å². The first-order chi connectivity index (χ1) is 13.9. The van der Waals surface area contributed by atoms with Gasteiger partial charge in [0.15, 0.2) is 0 Å². The highest BCUT2D eigenvalue weighted by Crippen LogP contribution is 2.43. The Morgan fingerprint density at radius 2 is 1.72 bits per heavy atom. The summed E-state index contributed by atoms with van der Waals surface area (Å²) in [6.07, 6.45) is 2.07. The standard InChI is InChI=1S/C27H30N2/c1-5-27(23-12-8-10-18-9-6-7-11-20(18)23)25-21(15-16-28-27)22-17-19(26(2,3)4)13-14-24(22)29-25/h6-14,17,28-29H,5,15-16H2,1-4H3. The van der Waals surface area contributed by atoms with Crippen LogP contribution in [-0.2, 0) is 17.4 Å². The predicted molar refractivity (Wildman–Crippen MR) is 124 cm³/mol. The Bertz CT molecular complexity index is 1200. The zero-order chi connectivity index (χ0) is 20.2. The van der Waals surface area contributed by atoms with Crippen LogP contribution in [0.2, 0.25) is 0 Å². The normalized spacial score (nSPS) is 19.6. The molecule has 1 unspecified atom stereocenters. The van der Waals surface area contributed by atoms with Gasteiger partial charge >= 0.3 is 0 Å². The van der Waals surface area contributed by atoms with Crippen molar-refractivity contribution >= 4 is 21.7 Å². The van der Waals surface area contributed by atoms with Crippen molar-refractivity contribution in [1.82, 2.24) is 10.3 Å². The maximum absolute atomic E-state index is 3.92. The minimum absolute atomic E-state index is 0.155. The molecule has 0 amide bonds. The van der Waals surface area contributed by atoms with Gasteiger partial charge in [-0.05, 0) is 57.9 Å². The summed E-state index contributed by atoms with van der Waals surface area (Å²) in [7, 11) is 0. The van der Waals surface area contributed by atoms with E-state index < -0.39 is 0 Å². The summed E-state index contributed by atoms with van der Waals surface area (Å²) in [6, 6.07) is 22.4. The topological polar surface area (TPSA) is 27.8 Å². The van der Waals surface area contributed by atoms with E-state index in [1.54, 1.807) is 0 Å².